The molecule has 1 aliphatic heterocycles. The third-order valence-corrected chi connectivity index (χ3v) is 4.23. The molecule has 0 saturated carbocycles. The highest BCUT2D eigenvalue weighted by molar-refractivity contribution is 5.94. The second-order valence-electron chi connectivity index (χ2n) is 6.10. The number of amides is 1. The monoisotopic (exact) mass is 303 g/mol. The minimum absolute atomic E-state index is 0.0533. The minimum Gasteiger partial charge on any atom is -0.466 e. The van der Waals surface area contributed by atoms with E-state index in [4.69, 9.17) is 4.74 Å². The van der Waals surface area contributed by atoms with Crippen LogP contribution in [-0.2, 0) is 9.53 Å². The number of nitrogens with zero attached hydrogens (tertiary/aromatic N) is 1. The van der Waals surface area contributed by atoms with Crippen molar-refractivity contribution >= 4 is 11.9 Å². The summed E-state index contributed by atoms with van der Waals surface area (Å²) in [6.07, 6.45) is 1.38. The molecular weight excluding hydrogens is 278 g/mol. The Balaban J connectivity index is 1.93. The van der Waals surface area contributed by atoms with Gasteiger partial charge in [-0.3, -0.25) is 9.59 Å². The molecule has 0 atom stereocenters. The molecule has 1 amide bonds. The lowest BCUT2D eigenvalue weighted by molar-refractivity contribution is -0.149. The second kappa shape index (κ2) is 7.43. The van der Waals surface area contributed by atoms with Crippen molar-refractivity contribution in [1.82, 2.24) is 4.90 Å². The van der Waals surface area contributed by atoms with E-state index in [1.165, 1.54) is 5.56 Å². The Morgan fingerprint density at radius 2 is 1.77 bits per heavy atom. The number of carbonyl (C=O) groups is 2. The molecule has 4 nitrogen and oxygen atoms in total. The zero-order chi connectivity index (χ0) is 16.1. The van der Waals surface area contributed by atoms with Crippen LogP contribution in [0, 0.1) is 5.92 Å². The summed E-state index contributed by atoms with van der Waals surface area (Å²) in [7, 11) is 0. The van der Waals surface area contributed by atoms with Crippen molar-refractivity contribution in [3.63, 3.8) is 0 Å². The molecular formula is C18H25NO3. The predicted molar refractivity (Wildman–Crippen MR) is 85.8 cm³/mol. The molecule has 4 heteroatoms. The minimum atomic E-state index is -0.129. The van der Waals surface area contributed by atoms with E-state index >= 15 is 0 Å². The normalized spacial score (nSPS) is 15.9. The molecule has 0 bridgehead atoms. The van der Waals surface area contributed by atoms with Gasteiger partial charge in [0, 0.05) is 18.7 Å². The molecule has 1 aromatic carbocycles. The summed E-state index contributed by atoms with van der Waals surface area (Å²) in [5, 5.41) is 0. The first-order valence-corrected chi connectivity index (χ1v) is 8.08. The number of likely N-dealkylation sites (tertiary alicyclic amines) is 1. The van der Waals surface area contributed by atoms with Crippen LogP contribution in [0.3, 0.4) is 0 Å². The van der Waals surface area contributed by atoms with Gasteiger partial charge in [-0.05, 0) is 43.4 Å². The number of rotatable bonds is 4. The van der Waals surface area contributed by atoms with Crippen molar-refractivity contribution in [2.24, 2.45) is 5.92 Å². The van der Waals surface area contributed by atoms with Gasteiger partial charge >= 0.3 is 5.97 Å². The van der Waals surface area contributed by atoms with E-state index in [1.807, 2.05) is 36.1 Å². The standard InChI is InChI=1S/C18H25NO3/c1-4-22-18(21)16-9-11-19(12-10-16)17(20)15-7-5-14(6-8-15)13(2)3/h5-8,13,16H,4,9-12H2,1-3H3. The van der Waals surface area contributed by atoms with Crippen LogP contribution in [0.4, 0.5) is 0 Å². The highest BCUT2D eigenvalue weighted by atomic mass is 16.5. The number of hydrogen-bond acceptors (Lipinski definition) is 3. The summed E-state index contributed by atoms with van der Waals surface area (Å²) in [5.41, 5.74) is 1.96. The van der Waals surface area contributed by atoms with Gasteiger partial charge < -0.3 is 9.64 Å². The summed E-state index contributed by atoms with van der Waals surface area (Å²) in [6.45, 7) is 7.74. The summed E-state index contributed by atoms with van der Waals surface area (Å²) < 4.78 is 5.05. The zero-order valence-corrected chi connectivity index (χ0v) is 13.7. The summed E-state index contributed by atoms with van der Waals surface area (Å²) in [5.74, 6) is 0.324. The van der Waals surface area contributed by atoms with Crippen LogP contribution in [0.15, 0.2) is 24.3 Å². The Bertz CT molecular complexity index is 514. The van der Waals surface area contributed by atoms with Crippen molar-refractivity contribution in [3.8, 4) is 0 Å². The van der Waals surface area contributed by atoms with E-state index in [9.17, 15) is 9.59 Å². The van der Waals surface area contributed by atoms with Gasteiger partial charge in [-0.2, -0.15) is 0 Å². The van der Waals surface area contributed by atoms with Gasteiger partial charge in [0.2, 0.25) is 0 Å². The molecule has 1 aliphatic rings. The summed E-state index contributed by atoms with van der Waals surface area (Å²) in [4.78, 5) is 26.0. The molecule has 1 aromatic rings. The van der Waals surface area contributed by atoms with Crippen LogP contribution >= 0.6 is 0 Å². The molecule has 0 spiro atoms. The van der Waals surface area contributed by atoms with E-state index in [0.29, 0.717) is 38.5 Å². The van der Waals surface area contributed by atoms with Gasteiger partial charge in [0.05, 0.1) is 12.5 Å². The number of carbonyl (C=O) groups excluding carboxylic acids is 2. The second-order valence-corrected chi connectivity index (χ2v) is 6.10. The van der Waals surface area contributed by atoms with Crippen LogP contribution in [0.2, 0.25) is 0 Å². The fourth-order valence-corrected chi connectivity index (χ4v) is 2.77. The van der Waals surface area contributed by atoms with Gasteiger partial charge in [-0.25, -0.2) is 0 Å². The molecule has 1 heterocycles. The molecule has 0 N–H and O–H groups in total. The van der Waals surface area contributed by atoms with Crippen molar-refractivity contribution < 1.29 is 14.3 Å². The third kappa shape index (κ3) is 3.87. The van der Waals surface area contributed by atoms with E-state index in [0.717, 1.165) is 5.56 Å². The van der Waals surface area contributed by atoms with E-state index in [1.54, 1.807) is 0 Å². The van der Waals surface area contributed by atoms with Gasteiger partial charge in [0.1, 0.15) is 0 Å². The number of hydrogen-bond donors (Lipinski definition) is 0. The lowest BCUT2D eigenvalue weighted by Gasteiger charge is -2.31. The average Bonchev–Trinajstić information content (AvgIpc) is 2.54. The smallest absolute Gasteiger partial charge is 0.309 e. The Morgan fingerprint density at radius 3 is 2.27 bits per heavy atom. The van der Waals surface area contributed by atoms with Crippen LogP contribution in [0.25, 0.3) is 0 Å². The van der Waals surface area contributed by atoms with Crippen molar-refractivity contribution in [2.45, 2.75) is 39.5 Å². The number of benzene rings is 1. The Kier molecular flexibility index (Phi) is 5.58. The van der Waals surface area contributed by atoms with Crippen LogP contribution in [0.1, 0.15) is 55.5 Å². The van der Waals surface area contributed by atoms with Crippen LogP contribution < -0.4 is 0 Å². The SMILES string of the molecule is CCOC(=O)C1CCN(C(=O)c2ccc(C(C)C)cc2)CC1. The average molecular weight is 303 g/mol. The van der Waals surface area contributed by atoms with E-state index < -0.39 is 0 Å². The van der Waals surface area contributed by atoms with Crippen molar-refractivity contribution in [2.75, 3.05) is 19.7 Å². The summed E-state index contributed by atoms with van der Waals surface area (Å²) in [6, 6.07) is 7.83. The van der Waals surface area contributed by atoms with E-state index in [2.05, 4.69) is 13.8 Å². The molecule has 120 valence electrons. The fourth-order valence-electron chi connectivity index (χ4n) is 2.77. The quantitative estimate of drug-likeness (QED) is 0.802. The van der Waals surface area contributed by atoms with Gasteiger partial charge in [0.25, 0.3) is 5.91 Å². The first-order chi connectivity index (χ1) is 10.5. The summed E-state index contributed by atoms with van der Waals surface area (Å²) >= 11 is 0. The highest BCUT2D eigenvalue weighted by Gasteiger charge is 2.28. The van der Waals surface area contributed by atoms with Crippen LogP contribution in [0.5, 0.6) is 0 Å². The van der Waals surface area contributed by atoms with E-state index in [-0.39, 0.29) is 17.8 Å². The van der Waals surface area contributed by atoms with Gasteiger partial charge in [-0.15, -0.1) is 0 Å². The molecule has 0 aliphatic carbocycles. The Hall–Kier alpha value is -1.84. The topological polar surface area (TPSA) is 46.6 Å². The maximum absolute atomic E-state index is 12.5. The predicted octanol–water partition coefficient (Wildman–Crippen LogP) is 3.23. The molecule has 22 heavy (non-hydrogen) atoms. The van der Waals surface area contributed by atoms with Crippen molar-refractivity contribution in [3.05, 3.63) is 35.4 Å². The number of piperidine rings is 1. The van der Waals surface area contributed by atoms with Crippen LogP contribution in [-0.4, -0.2) is 36.5 Å². The first kappa shape index (κ1) is 16.5. The molecule has 0 aromatic heterocycles. The maximum atomic E-state index is 12.5. The highest BCUT2D eigenvalue weighted by Crippen LogP contribution is 2.21. The maximum Gasteiger partial charge on any atom is 0.309 e. The largest absolute Gasteiger partial charge is 0.466 e. The lowest BCUT2D eigenvalue weighted by Crippen LogP contribution is -2.40. The molecule has 2 rings (SSSR count). The lowest BCUT2D eigenvalue weighted by atomic mass is 9.96. The van der Waals surface area contributed by atoms with Gasteiger partial charge in [0.15, 0.2) is 0 Å². The third-order valence-electron chi connectivity index (χ3n) is 4.23. The Labute approximate surface area is 132 Å². The number of esters is 1. The first-order valence-electron chi connectivity index (χ1n) is 8.08. The van der Waals surface area contributed by atoms with Gasteiger partial charge in [-0.1, -0.05) is 26.0 Å². The molecule has 0 unspecified atom stereocenters. The molecule has 1 saturated heterocycles. The number of ether oxygens (including phenoxy) is 1. The zero-order valence-electron chi connectivity index (χ0n) is 13.7. The fraction of sp³-hybridized carbons (Fsp3) is 0.556. The molecule has 1 fully saturated rings. The molecule has 0 radical (unpaired) electrons. The Morgan fingerprint density at radius 1 is 1.18 bits per heavy atom. The van der Waals surface area contributed by atoms with Crippen molar-refractivity contribution in [1.29, 1.82) is 0 Å².